The van der Waals surface area contributed by atoms with Crippen LogP contribution in [-0.4, -0.2) is 48.4 Å². The van der Waals surface area contributed by atoms with Gasteiger partial charge in [-0.2, -0.15) is 0 Å². The van der Waals surface area contributed by atoms with Crippen LogP contribution in [0.2, 0.25) is 0 Å². The Labute approximate surface area is 155 Å². The molecule has 0 aromatic heterocycles. The summed E-state index contributed by atoms with van der Waals surface area (Å²) < 4.78 is 5.94. The molecule has 0 unspecified atom stereocenters. The third-order valence-electron chi connectivity index (χ3n) is 5.39. The zero-order valence-corrected chi connectivity index (χ0v) is 15.4. The van der Waals surface area contributed by atoms with Crippen molar-refractivity contribution in [2.45, 2.75) is 26.2 Å². The number of fused-ring (bicyclic) bond motifs is 1. The minimum absolute atomic E-state index is 0.160. The third-order valence-corrected chi connectivity index (χ3v) is 5.39. The van der Waals surface area contributed by atoms with Crippen LogP contribution in [-0.2, 0) is 6.42 Å². The average Bonchev–Trinajstić information content (AvgIpc) is 3.17. The van der Waals surface area contributed by atoms with Crippen LogP contribution in [0.15, 0.2) is 42.5 Å². The number of amides is 1. The van der Waals surface area contributed by atoms with E-state index in [1.807, 2.05) is 47.4 Å². The van der Waals surface area contributed by atoms with E-state index < -0.39 is 0 Å². The van der Waals surface area contributed by atoms with Crippen molar-refractivity contribution < 1.29 is 9.53 Å². The second-order valence-electron chi connectivity index (χ2n) is 7.33. The highest BCUT2D eigenvalue weighted by Crippen LogP contribution is 2.27. The lowest BCUT2D eigenvalue weighted by Crippen LogP contribution is -2.42. The molecule has 0 spiro atoms. The minimum Gasteiger partial charge on any atom is -0.457 e. The summed E-state index contributed by atoms with van der Waals surface area (Å²) in [7, 11) is 0. The van der Waals surface area contributed by atoms with Gasteiger partial charge >= 0.3 is 0 Å². The van der Waals surface area contributed by atoms with E-state index in [0.717, 1.165) is 48.7 Å². The van der Waals surface area contributed by atoms with E-state index in [1.165, 1.54) is 31.5 Å². The first kappa shape index (κ1) is 17.1. The summed E-state index contributed by atoms with van der Waals surface area (Å²) in [6.07, 6.45) is 3.48. The molecule has 4 heteroatoms. The van der Waals surface area contributed by atoms with E-state index >= 15 is 0 Å². The van der Waals surface area contributed by atoms with Gasteiger partial charge in [0.05, 0.1) is 0 Å². The summed E-state index contributed by atoms with van der Waals surface area (Å²) in [5.41, 5.74) is 3.13. The van der Waals surface area contributed by atoms with E-state index in [9.17, 15) is 4.79 Å². The average molecular weight is 350 g/mol. The topological polar surface area (TPSA) is 32.8 Å². The van der Waals surface area contributed by atoms with Crippen LogP contribution in [0.5, 0.6) is 11.5 Å². The molecule has 0 atom stereocenters. The molecule has 0 saturated carbocycles. The molecule has 2 aliphatic heterocycles. The maximum atomic E-state index is 12.8. The van der Waals surface area contributed by atoms with Crippen molar-refractivity contribution in [1.29, 1.82) is 0 Å². The Kier molecular flexibility index (Phi) is 4.93. The van der Waals surface area contributed by atoms with Gasteiger partial charge in [-0.05, 0) is 75.2 Å². The summed E-state index contributed by atoms with van der Waals surface area (Å²) in [6, 6.07) is 13.9. The summed E-state index contributed by atoms with van der Waals surface area (Å²) in [4.78, 5) is 17.3. The quantitative estimate of drug-likeness (QED) is 0.820. The molecular weight excluding hydrogens is 324 g/mol. The van der Waals surface area contributed by atoms with Crippen molar-refractivity contribution in [2.75, 3.05) is 32.7 Å². The van der Waals surface area contributed by atoms with Gasteiger partial charge in [0.1, 0.15) is 11.5 Å². The molecule has 0 bridgehead atoms. The second-order valence-corrected chi connectivity index (χ2v) is 7.33. The first-order chi connectivity index (χ1) is 12.7. The summed E-state index contributed by atoms with van der Waals surface area (Å²) >= 11 is 0. The van der Waals surface area contributed by atoms with Gasteiger partial charge in [0, 0.05) is 25.2 Å². The lowest BCUT2D eigenvalue weighted by atomic mass is 9.98. The van der Waals surface area contributed by atoms with Crippen LogP contribution in [0.3, 0.4) is 0 Å². The van der Waals surface area contributed by atoms with Gasteiger partial charge in [-0.25, -0.2) is 0 Å². The molecule has 0 aliphatic carbocycles. The number of carbonyl (C=O) groups excluding carboxylic acids is 1. The van der Waals surface area contributed by atoms with Crippen LogP contribution >= 0.6 is 0 Å². The first-order valence-corrected chi connectivity index (χ1v) is 9.58. The van der Waals surface area contributed by atoms with Crippen molar-refractivity contribution >= 4 is 5.91 Å². The number of nitrogens with zero attached hydrogens (tertiary/aromatic N) is 2. The zero-order valence-electron chi connectivity index (χ0n) is 15.4. The fraction of sp³-hybridized carbons (Fsp3) is 0.409. The largest absolute Gasteiger partial charge is 0.457 e. The predicted molar refractivity (Wildman–Crippen MR) is 103 cm³/mol. The highest BCUT2D eigenvalue weighted by atomic mass is 16.5. The number of carbonyl (C=O) groups is 1. The SMILES string of the molecule is Cc1ccc(Oc2ccc3c(c2)CCN(CCN2CCCC2)C3=O)cc1. The van der Waals surface area contributed by atoms with Crippen molar-refractivity contribution in [2.24, 2.45) is 0 Å². The molecule has 1 fully saturated rings. The second kappa shape index (κ2) is 7.50. The molecule has 4 nitrogen and oxygen atoms in total. The zero-order chi connectivity index (χ0) is 17.9. The number of likely N-dealkylation sites (tertiary alicyclic amines) is 1. The van der Waals surface area contributed by atoms with Gasteiger partial charge in [-0.15, -0.1) is 0 Å². The third kappa shape index (κ3) is 3.75. The highest BCUT2D eigenvalue weighted by Gasteiger charge is 2.25. The molecule has 26 heavy (non-hydrogen) atoms. The molecule has 1 amide bonds. The lowest BCUT2D eigenvalue weighted by molar-refractivity contribution is 0.0724. The summed E-state index contributed by atoms with van der Waals surface area (Å²) in [5, 5.41) is 0. The molecule has 0 N–H and O–H groups in total. The molecule has 2 aliphatic rings. The molecule has 2 aromatic carbocycles. The van der Waals surface area contributed by atoms with Crippen LogP contribution in [0.25, 0.3) is 0 Å². The lowest BCUT2D eigenvalue weighted by Gasteiger charge is -2.30. The van der Waals surface area contributed by atoms with Crippen molar-refractivity contribution in [3.05, 3.63) is 59.2 Å². The monoisotopic (exact) mass is 350 g/mol. The Bertz CT molecular complexity index is 779. The van der Waals surface area contributed by atoms with E-state index in [4.69, 9.17) is 4.74 Å². The van der Waals surface area contributed by atoms with E-state index in [0.29, 0.717) is 0 Å². The maximum absolute atomic E-state index is 12.8. The van der Waals surface area contributed by atoms with E-state index in [-0.39, 0.29) is 5.91 Å². The minimum atomic E-state index is 0.160. The Morgan fingerprint density at radius 2 is 1.65 bits per heavy atom. The van der Waals surface area contributed by atoms with Gasteiger partial charge in [-0.1, -0.05) is 17.7 Å². The van der Waals surface area contributed by atoms with Gasteiger partial charge in [-0.3, -0.25) is 4.79 Å². The van der Waals surface area contributed by atoms with Crippen molar-refractivity contribution in [3.63, 3.8) is 0 Å². The van der Waals surface area contributed by atoms with Gasteiger partial charge in [0.25, 0.3) is 5.91 Å². The normalized spacial score (nSPS) is 17.4. The van der Waals surface area contributed by atoms with Gasteiger partial charge < -0.3 is 14.5 Å². The van der Waals surface area contributed by atoms with Crippen LogP contribution in [0, 0.1) is 6.92 Å². The van der Waals surface area contributed by atoms with Gasteiger partial charge in [0.2, 0.25) is 0 Å². The molecule has 2 aromatic rings. The number of ether oxygens (including phenoxy) is 1. The molecule has 0 radical (unpaired) electrons. The predicted octanol–water partition coefficient (Wildman–Crippen LogP) is 3.88. The summed E-state index contributed by atoms with van der Waals surface area (Å²) in [5.74, 6) is 1.78. The molecule has 136 valence electrons. The molecular formula is C22H26N2O2. The van der Waals surface area contributed by atoms with Crippen molar-refractivity contribution in [3.8, 4) is 11.5 Å². The van der Waals surface area contributed by atoms with Gasteiger partial charge in [0.15, 0.2) is 0 Å². The summed E-state index contributed by atoms with van der Waals surface area (Å²) in [6.45, 7) is 7.05. The smallest absolute Gasteiger partial charge is 0.254 e. The fourth-order valence-electron chi connectivity index (χ4n) is 3.80. The first-order valence-electron chi connectivity index (χ1n) is 9.58. The Balaban J connectivity index is 1.42. The molecule has 2 heterocycles. The number of hydrogen-bond donors (Lipinski definition) is 0. The maximum Gasteiger partial charge on any atom is 0.254 e. The van der Waals surface area contributed by atoms with Crippen LogP contribution in [0.4, 0.5) is 0 Å². The number of benzene rings is 2. The Morgan fingerprint density at radius 3 is 2.42 bits per heavy atom. The Hall–Kier alpha value is -2.33. The van der Waals surface area contributed by atoms with Crippen LogP contribution in [0.1, 0.15) is 34.3 Å². The number of rotatable bonds is 5. The molecule has 1 saturated heterocycles. The van der Waals surface area contributed by atoms with E-state index in [2.05, 4.69) is 11.8 Å². The highest BCUT2D eigenvalue weighted by molar-refractivity contribution is 5.97. The van der Waals surface area contributed by atoms with Crippen LogP contribution < -0.4 is 4.74 Å². The van der Waals surface area contributed by atoms with Crippen molar-refractivity contribution in [1.82, 2.24) is 9.80 Å². The fourth-order valence-corrected chi connectivity index (χ4v) is 3.80. The molecule has 4 rings (SSSR count). The number of aryl methyl sites for hydroxylation is 1. The number of hydrogen-bond acceptors (Lipinski definition) is 3. The van der Waals surface area contributed by atoms with E-state index in [1.54, 1.807) is 0 Å². The Morgan fingerprint density at radius 1 is 0.923 bits per heavy atom. The standard InChI is InChI=1S/C22H26N2O2/c1-17-4-6-19(7-5-17)26-20-8-9-21-18(16-20)10-13-24(22(21)25)15-14-23-11-2-3-12-23/h4-9,16H,2-3,10-15H2,1H3.